The smallest absolute Gasteiger partial charge is 0.144 e. The molecule has 3 rings (SSSR count). The van der Waals surface area contributed by atoms with Gasteiger partial charge in [0, 0.05) is 30.9 Å². The van der Waals surface area contributed by atoms with Crippen LogP contribution in [-0.4, -0.2) is 35.6 Å². The number of likely N-dealkylation sites (tertiary alicyclic amines) is 1. The van der Waals surface area contributed by atoms with Crippen molar-refractivity contribution in [3.63, 3.8) is 0 Å². The van der Waals surface area contributed by atoms with Gasteiger partial charge in [0.25, 0.3) is 0 Å². The molecule has 2 fully saturated rings. The van der Waals surface area contributed by atoms with Crippen molar-refractivity contribution in [3.8, 4) is 6.07 Å². The lowest BCUT2D eigenvalue weighted by Crippen LogP contribution is -2.44. The molecule has 94 valence electrons. The summed E-state index contributed by atoms with van der Waals surface area (Å²) < 4.78 is 0. The van der Waals surface area contributed by atoms with Gasteiger partial charge in [-0.1, -0.05) is 6.07 Å². The van der Waals surface area contributed by atoms with Gasteiger partial charge in [0.2, 0.25) is 0 Å². The van der Waals surface area contributed by atoms with Gasteiger partial charge in [-0.05, 0) is 37.9 Å². The first kappa shape index (κ1) is 11.6. The first-order valence-corrected chi connectivity index (χ1v) is 6.67. The third-order valence-corrected chi connectivity index (χ3v) is 4.16. The van der Waals surface area contributed by atoms with Crippen molar-refractivity contribution in [1.29, 1.82) is 5.26 Å². The molecule has 4 nitrogen and oxygen atoms in total. The number of nitrogens with zero attached hydrogens (tertiary/aromatic N) is 3. The third-order valence-electron chi connectivity index (χ3n) is 4.16. The van der Waals surface area contributed by atoms with Gasteiger partial charge in [-0.3, -0.25) is 4.90 Å². The Kier molecular flexibility index (Phi) is 3.26. The summed E-state index contributed by atoms with van der Waals surface area (Å²) in [5, 5.41) is 12.6. The van der Waals surface area contributed by atoms with Gasteiger partial charge >= 0.3 is 0 Å². The lowest BCUT2D eigenvalue weighted by molar-refractivity contribution is 0.117. The lowest BCUT2D eigenvalue weighted by atomic mass is 9.91. The molecular weight excluding hydrogens is 224 g/mol. The quantitative estimate of drug-likeness (QED) is 0.845. The molecule has 0 aliphatic carbocycles. The van der Waals surface area contributed by atoms with Gasteiger partial charge in [-0.25, -0.2) is 4.98 Å². The first-order valence-electron chi connectivity index (χ1n) is 6.67. The maximum absolute atomic E-state index is 9.09. The minimum Gasteiger partial charge on any atom is -0.315 e. The monoisotopic (exact) mass is 242 g/mol. The van der Waals surface area contributed by atoms with Crippen LogP contribution in [0.15, 0.2) is 18.3 Å². The summed E-state index contributed by atoms with van der Waals surface area (Å²) >= 11 is 0. The van der Waals surface area contributed by atoms with Gasteiger partial charge in [-0.2, -0.15) is 5.26 Å². The van der Waals surface area contributed by atoms with Crippen LogP contribution < -0.4 is 5.32 Å². The summed E-state index contributed by atoms with van der Waals surface area (Å²) in [4.78, 5) is 6.66. The van der Waals surface area contributed by atoms with Gasteiger partial charge in [0.15, 0.2) is 0 Å². The largest absolute Gasteiger partial charge is 0.315 e. The predicted molar refractivity (Wildman–Crippen MR) is 68.7 cm³/mol. The highest BCUT2D eigenvalue weighted by Crippen LogP contribution is 2.27. The number of fused-ring (bicyclic) bond motifs is 1. The van der Waals surface area contributed by atoms with Crippen LogP contribution in [0.25, 0.3) is 0 Å². The van der Waals surface area contributed by atoms with Crippen LogP contribution in [-0.2, 0) is 6.54 Å². The summed E-state index contributed by atoms with van der Waals surface area (Å²) in [6.45, 7) is 4.24. The van der Waals surface area contributed by atoms with E-state index in [0.717, 1.165) is 37.7 Å². The molecule has 1 N–H and O–H groups in total. The average Bonchev–Trinajstić information content (AvgIpc) is 2.89. The molecule has 2 aliphatic heterocycles. The van der Waals surface area contributed by atoms with Crippen LogP contribution in [0.5, 0.6) is 0 Å². The Bertz CT molecular complexity index is 465. The normalized spacial score (nSPS) is 27.7. The van der Waals surface area contributed by atoms with Crippen LogP contribution in [0.3, 0.4) is 0 Å². The number of hydrogen-bond donors (Lipinski definition) is 1. The van der Waals surface area contributed by atoms with Gasteiger partial charge in [0.1, 0.15) is 11.8 Å². The molecule has 1 aromatic rings. The van der Waals surface area contributed by atoms with Gasteiger partial charge in [0.05, 0.1) is 0 Å². The van der Waals surface area contributed by atoms with Crippen molar-refractivity contribution in [2.24, 2.45) is 5.92 Å². The SMILES string of the molecule is N#Cc1ncccc1CN1CCCC2CNCC21. The Balaban J connectivity index is 1.77. The molecule has 2 aliphatic rings. The maximum atomic E-state index is 9.09. The van der Waals surface area contributed by atoms with Crippen LogP contribution in [0, 0.1) is 17.2 Å². The number of nitriles is 1. The van der Waals surface area contributed by atoms with Crippen molar-refractivity contribution in [2.75, 3.05) is 19.6 Å². The molecule has 0 amide bonds. The molecule has 0 aromatic carbocycles. The summed E-state index contributed by atoms with van der Waals surface area (Å²) in [6.07, 6.45) is 4.30. The zero-order valence-electron chi connectivity index (χ0n) is 10.5. The Hall–Kier alpha value is -1.44. The molecule has 2 saturated heterocycles. The van der Waals surface area contributed by atoms with Crippen molar-refractivity contribution in [3.05, 3.63) is 29.6 Å². The zero-order chi connectivity index (χ0) is 12.4. The fourth-order valence-corrected chi connectivity index (χ4v) is 3.25. The molecule has 18 heavy (non-hydrogen) atoms. The Morgan fingerprint density at radius 1 is 1.50 bits per heavy atom. The van der Waals surface area contributed by atoms with E-state index < -0.39 is 0 Å². The van der Waals surface area contributed by atoms with Crippen molar-refractivity contribution >= 4 is 0 Å². The van der Waals surface area contributed by atoms with Crippen molar-refractivity contribution in [2.45, 2.75) is 25.4 Å². The Labute approximate surface area is 108 Å². The second kappa shape index (κ2) is 5.05. The number of rotatable bonds is 2. The molecule has 2 atom stereocenters. The standard InChI is InChI=1S/C14H18N4/c15-7-13-12(3-1-5-17-13)10-18-6-2-4-11-8-16-9-14(11)18/h1,3,5,11,14,16H,2,4,6,8-10H2. The van der Waals surface area contributed by atoms with E-state index in [1.807, 2.05) is 12.1 Å². The van der Waals surface area contributed by atoms with E-state index in [2.05, 4.69) is 21.3 Å². The topological polar surface area (TPSA) is 52.0 Å². The second-order valence-corrected chi connectivity index (χ2v) is 5.22. The molecule has 0 bridgehead atoms. The van der Waals surface area contributed by atoms with Crippen LogP contribution >= 0.6 is 0 Å². The van der Waals surface area contributed by atoms with Crippen LogP contribution in [0.2, 0.25) is 0 Å². The first-order chi connectivity index (χ1) is 8.88. The van der Waals surface area contributed by atoms with E-state index in [4.69, 9.17) is 5.26 Å². The zero-order valence-corrected chi connectivity index (χ0v) is 10.5. The Morgan fingerprint density at radius 3 is 3.33 bits per heavy atom. The average molecular weight is 242 g/mol. The van der Waals surface area contributed by atoms with Crippen LogP contribution in [0.1, 0.15) is 24.1 Å². The molecule has 1 aromatic heterocycles. The molecule has 4 heteroatoms. The minimum absolute atomic E-state index is 0.575. The fourth-order valence-electron chi connectivity index (χ4n) is 3.25. The highest BCUT2D eigenvalue weighted by atomic mass is 15.2. The molecular formula is C14H18N4. The van der Waals surface area contributed by atoms with Crippen molar-refractivity contribution < 1.29 is 0 Å². The fraction of sp³-hybridized carbons (Fsp3) is 0.571. The lowest BCUT2D eigenvalue weighted by Gasteiger charge is -2.37. The van der Waals surface area contributed by atoms with E-state index in [-0.39, 0.29) is 0 Å². The van der Waals surface area contributed by atoms with E-state index in [1.165, 1.54) is 12.8 Å². The van der Waals surface area contributed by atoms with E-state index >= 15 is 0 Å². The number of hydrogen-bond acceptors (Lipinski definition) is 4. The molecule has 3 heterocycles. The summed E-state index contributed by atoms with van der Waals surface area (Å²) in [5.41, 5.74) is 1.64. The third kappa shape index (κ3) is 2.12. The predicted octanol–water partition coefficient (Wildman–Crippen LogP) is 1.14. The maximum Gasteiger partial charge on any atom is 0.144 e. The van der Waals surface area contributed by atoms with E-state index in [1.54, 1.807) is 6.20 Å². The van der Waals surface area contributed by atoms with E-state index in [0.29, 0.717) is 11.7 Å². The summed E-state index contributed by atoms with van der Waals surface area (Å²) in [7, 11) is 0. The number of aromatic nitrogens is 1. The molecule has 0 saturated carbocycles. The highest BCUT2D eigenvalue weighted by molar-refractivity contribution is 5.30. The van der Waals surface area contributed by atoms with Crippen molar-refractivity contribution in [1.82, 2.24) is 15.2 Å². The van der Waals surface area contributed by atoms with Gasteiger partial charge < -0.3 is 5.32 Å². The highest BCUT2D eigenvalue weighted by Gasteiger charge is 2.34. The summed E-state index contributed by atoms with van der Waals surface area (Å²) in [5.74, 6) is 0.793. The molecule has 2 unspecified atom stereocenters. The van der Waals surface area contributed by atoms with E-state index in [9.17, 15) is 0 Å². The molecule has 0 spiro atoms. The number of nitrogens with one attached hydrogen (secondary N) is 1. The number of pyridine rings is 1. The van der Waals surface area contributed by atoms with Crippen LogP contribution in [0.4, 0.5) is 0 Å². The second-order valence-electron chi connectivity index (χ2n) is 5.22. The number of piperidine rings is 1. The molecule has 0 radical (unpaired) electrons. The Morgan fingerprint density at radius 2 is 2.44 bits per heavy atom. The van der Waals surface area contributed by atoms with Gasteiger partial charge in [-0.15, -0.1) is 0 Å². The minimum atomic E-state index is 0.575. The summed E-state index contributed by atoms with van der Waals surface area (Å²) in [6, 6.07) is 6.78.